The Kier molecular flexibility index (Phi) is 2.15. The minimum absolute atomic E-state index is 0.821. The van der Waals surface area contributed by atoms with Gasteiger partial charge >= 0.3 is 0 Å². The van der Waals surface area contributed by atoms with Crippen molar-refractivity contribution in [3.05, 3.63) is 36.4 Å². The van der Waals surface area contributed by atoms with E-state index in [-0.39, 0.29) is 0 Å². The summed E-state index contributed by atoms with van der Waals surface area (Å²) in [6.07, 6.45) is 0. The van der Waals surface area contributed by atoms with Crippen LogP contribution in [-0.4, -0.2) is 7.11 Å². The van der Waals surface area contributed by atoms with Gasteiger partial charge in [0.25, 0.3) is 0 Å². The van der Waals surface area contributed by atoms with Crippen LogP contribution in [0.1, 0.15) is 0 Å². The number of rotatable bonds is 1. The third-order valence-electron chi connectivity index (χ3n) is 2.05. The number of ether oxygens (including phenoxy) is 1. The number of fused-ring (bicyclic) bond motifs is 1. The highest BCUT2D eigenvalue weighted by Crippen LogP contribution is 2.28. The Morgan fingerprint density at radius 1 is 1.08 bits per heavy atom. The minimum Gasteiger partial charge on any atom is -0.496 e. The van der Waals surface area contributed by atoms with Crippen molar-refractivity contribution < 1.29 is 4.74 Å². The molecule has 13 heavy (non-hydrogen) atoms. The average molecular weight is 190 g/mol. The molecule has 0 amide bonds. The molecular weight excluding hydrogens is 180 g/mol. The topological polar surface area (TPSA) is 9.23 Å². The Labute approximate surface area is 82.7 Å². The fraction of sp³-hybridized carbons (Fsp3) is 0.0909. The fourth-order valence-corrected chi connectivity index (χ4v) is 1.67. The molecule has 2 heteroatoms. The highest BCUT2D eigenvalue weighted by atomic mass is 32.1. The maximum Gasteiger partial charge on any atom is 0.132 e. The molecule has 0 aliphatic rings. The van der Waals surface area contributed by atoms with E-state index in [1.165, 1.54) is 10.8 Å². The molecule has 0 aliphatic carbocycles. The van der Waals surface area contributed by atoms with E-state index in [9.17, 15) is 0 Å². The lowest BCUT2D eigenvalue weighted by Gasteiger charge is -2.05. The summed E-state index contributed by atoms with van der Waals surface area (Å²) in [5, 5.41) is 2.37. The van der Waals surface area contributed by atoms with Crippen LogP contribution in [0.5, 0.6) is 5.75 Å². The van der Waals surface area contributed by atoms with Crippen LogP contribution in [0.4, 0.5) is 0 Å². The SMILES string of the molecule is COc1cc2ccccc2cc1S. The van der Waals surface area contributed by atoms with Crippen molar-refractivity contribution in [3.8, 4) is 5.75 Å². The van der Waals surface area contributed by atoms with Crippen LogP contribution in [0.3, 0.4) is 0 Å². The first-order valence-corrected chi connectivity index (χ1v) is 4.52. The van der Waals surface area contributed by atoms with E-state index >= 15 is 0 Å². The molecule has 1 nitrogen and oxygen atoms in total. The molecule has 0 N–H and O–H groups in total. The summed E-state index contributed by atoms with van der Waals surface area (Å²) >= 11 is 4.33. The molecule has 0 fully saturated rings. The molecule has 0 radical (unpaired) electrons. The summed E-state index contributed by atoms with van der Waals surface area (Å²) in [5.74, 6) is 0.821. The normalized spacial score (nSPS) is 10.3. The molecule has 0 bridgehead atoms. The predicted octanol–water partition coefficient (Wildman–Crippen LogP) is 3.14. The van der Waals surface area contributed by atoms with Gasteiger partial charge in [-0.15, -0.1) is 12.6 Å². The van der Waals surface area contributed by atoms with Gasteiger partial charge in [0.2, 0.25) is 0 Å². The van der Waals surface area contributed by atoms with Crippen LogP contribution in [0, 0.1) is 0 Å². The largest absolute Gasteiger partial charge is 0.496 e. The van der Waals surface area contributed by atoms with Crippen molar-refractivity contribution >= 4 is 23.4 Å². The van der Waals surface area contributed by atoms with Gasteiger partial charge in [0, 0.05) is 4.90 Å². The molecule has 2 rings (SSSR count). The van der Waals surface area contributed by atoms with E-state index in [0.717, 1.165) is 10.6 Å². The van der Waals surface area contributed by atoms with Crippen molar-refractivity contribution in [2.45, 2.75) is 4.90 Å². The summed E-state index contributed by atoms with van der Waals surface area (Å²) in [7, 11) is 1.66. The van der Waals surface area contributed by atoms with Gasteiger partial charge in [-0.3, -0.25) is 0 Å². The molecule has 0 atom stereocenters. The van der Waals surface area contributed by atoms with Crippen LogP contribution in [0.15, 0.2) is 41.3 Å². The van der Waals surface area contributed by atoms with E-state index in [0.29, 0.717) is 0 Å². The van der Waals surface area contributed by atoms with Gasteiger partial charge in [-0.25, -0.2) is 0 Å². The first-order chi connectivity index (χ1) is 6.31. The van der Waals surface area contributed by atoms with Crippen molar-refractivity contribution in [1.29, 1.82) is 0 Å². The highest BCUT2D eigenvalue weighted by Gasteiger charge is 2.00. The summed E-state index contributed by atoms with van der Waals surface area (Å²) in [5.41, 5.74) is 0. The number of thiol groups is 1. The van der Waals surface area contributed by atoms with Gasteiger partial charge in [0.1, 0.15) is 5.75 Å². The minimum atomic E-state index is 0.821. The predicted molar refractivity (Wildman–Crippen MR) is 57.8 cm³/mol. The van der Waals surface area contributed by atoms with Crippen LogP contribution in [-0.2, 0) is 0 Å². The van der Waals surface area contributed by atoms with Crippen LogP contribution < -0.4 is 4.74 Å². The zero-order valence-electron chi connectivity index (χ0n) is 7.32. The lowest BCUT2D eigenvalue weighted by molar-refractivity contribution is 0.406. The van der Waals surface area contributed by atoms with Gasteiger partial charge < -0.3 is 4.74 Å². The fourth-order valence-electron chi connectivity index (χ4n) is 1.37. The van der Waals surface area contributed by atoms with Crippen molar-refractivity contribution in [2.75, 3.05) is 7.11 Å². The zero-order valence-corrected chi connectivity index (χ0v) is 8.21. The van der Waals surface area contributed by atoms with Crippen molar-refractivity contribution in [2.24, 2.45) is 0 Å². The Balaban J connectivity index is 2.74. The third-order valence-corrected chi connectivity index (χ3v) is 2.40. The molecule has 0 aliphatic heterocycles. The summed E-state index contributed by atoms with van der Waals surface area (Å²) in [6, 6.07) is 12.2. The number of benzene rings is 2. The van der Waals surface area contributed by atoms with E-state index in [1.54, 1.807) is 7.11 Å². The molecule has 0 saturated carbocycles. The Morgan fingerprint density at radius 3 is 2.31 bits per heavy atom. The number of methoxy groups -OCH3 is 1. The van der Waals surface area contributed by atoms with E-state index in [1.807, 2.05) is 24.3 Å². The lowest BCUT2D eigenvalue weighted by Crippen LogP contribution is -1.84. The van der Waals surface area contributed by atoms with E-state index in [4.69, 9.17) is 4.74 Å². The molecule has 2 aromatic carbocycles. The van der Waals surface area contributed by atoms with Crippen LogP contribution in [0.25, 0.3) is 10.8 Å². The quantitative estimate of drug-likeness (QED) is 0.680. The molecule has 66 valence electrons. The first-order valence-electron chi connectivity index (χ1n) is 4.07. The molecule has 0 unspecified atom stereocenters. The molecule has 0 heterocycles. The first kappa shape index (κ1) is 8.45. The molecule has 0 saturated heterocycles. The summed E-state index contributed by atoms with van der Waals surface area (Å²) in [6.45, 7) is 0. The van der Waals surface area contributed by atoms with Crippen LogP contribution >= 0.6 is 12.6 Å². The Bertz CT molecular complexity index is 437. The van der Waals surface area contributed by atoms with Gasteiger partial charge in [0.15, 0.2) is 0 Å². The van der Waals surface area contributed by atoms with Gasteiger partial charge in [-0.2, -0.15) is 0 Å². The van der Waals surface area contributed by atoms with E-state index < -0.39 is 0 Å². The molecule has 0 aromatic heterocycles. The second-order valence-corrected chi connectivity index (χ2v) is 3.35. The van der Waals surface area contributed by atoms with Gasteiger partial charge in [-0.05, 0) is 22.9 Å². The maximum atomic E-state index is 5.18. The summed E-state index contributed by atoms with van der Waals surface area (Å²) < 4.78 is 5.18. The third kappa shape index (κ3) is 1.49. The second kappa shape index (κ2) is 3.30. The molecule has 2 aromatic rings. The second-order valence-electron chi connectivity index (χ2n) is 2.87. The number of hydrogen-bond donors (Lipinski definition) is 1. The van der Waals surface area contributed by atoms with Gasteiger partial charge in [0.05, 0.1) is 7.11 Å². The Hall–Kier alpha value is -1.15. The zero-order chi connectivity index (χ0) is 9.26. The Morgan fingerprint density at radius 2 is 1.69 bits per heavy atom. The van der Waals surface area contributed by atoms with Crippen molar-refractivity contribution in [3.63, 3.8) is 0 Å². The maximum absolute atomic E-state index is 5.18. The molecule has 0 spiro atoms. The standard InChI is InChI=1S/C11H10OS/c1-12-10-6-8-4-2-3-5-9(8)7-11(10)13/h2-7,13H,1H3. The van der Waals surface area contributed by atoms with E-state index in [2.05, 4.69) is 24.8 Å². The van der Waals surface area contributed by atoms with Crippen molar-refractivity contribution in [1.82, 2.24) is 0 Å². The monoisotopic (exact) mass is 190 g/mol. The lowest BCUT2D eigenvalue weighted by atomic mass is 10.1. The highest BCUT2D eigenvalue weighted by molar-refractivity contribution is 7.80. The van der Waals surface area contributed by atoms with Gasteiger partial charge in [-0.1, -0.05) is 24.3 Å². The summed E-state index contributed by atoms with van der Waals surface area (Å²) in [4.78, 5) is 0.876. The average Bonchev–Trinajstić information content (AvgIpc) is 2.17. The molecular formula is C11H10OS. The number of hydrogen-bond acceptors (Lipinski definition) is 2. The smallest absolute Gasteiger partial charge is 0.132 e. The van der Waals surface area contributed by atoms with Crippen LogP contribution in [0.2, 0.25) is 0 Å².